The summed E-state index contributed by atoms with van der Waals surface area (Å²) < 4.78 is 7.51. The molecule has 1 aliphatic heterocycles. The van der Waals surface area contributed by atoms with Gasteiger partial charge < -0.3 is 9.80 Å². The Morgan fingerprint density at radius 3 is 1.62 bits per heavy atom. The molecule has 0 atom stereocenters. The zero-order valence-electron chi connectivity index (χ0n) is 24.6. The summed E-state index contributed by atoms with van der Waals surface area (Å²) >= 11 is -1.77. The van der Waals surface area contributed by atoms with Crippen LogP contribution in [-0.2, 0) is 13.5 Å². The summed E-state index contributed by atoms with van der Waals surface area (Å²) in [4.78, 5) is 4.94. The predicted molar refractivity (Wildman–Crippen MR) is 169 cm³/mol. The first-order chi connectivity index (χ1) is 18.5. The third-order valence-electron chi connectivity index (χ3n) is 6.64. The van der Waals surface area contributed by atoms with Gasteiger partial charge in [-0.15, -0.1) is 0 Å². The smallest absolute Gasteiger partial charge is 0.0145 e. The van der Waals surface area contributed by atoms with Crippen molar-refractivity contribution in [3.8, 4) is 5.75 Å². The van der Waals surface area contributed by atoms with Gasteiger partial charge >= 0.3 is 97.8 Å². The number of benzene rings is 3. The molecule has 1 heterocycles. The molecule has 0 N–H and O–H groups in total. The Kier molecular flexibility index (Phi) is 11.9. The Morgan fingerprint density at radius 1 is 0.769 bits per heavy atom. The van der Waals surface area contributed by atoms with Crippen LogP contribution in [-0.4, -0.2) is 23.8 Å². The fourth-order valence-corrected chi connectivity index (χ4v) is 7.25. The number of para-hydroxylation sites is 1. The summed E-state index contributed by atoms with van der Waals surface area (Å²) in [6.45, 7) is 21.8. The van der Waals surface area contributed by atoms with E-state index in [9.17, 15) is 0 Å². The van der Waals surface area contributed by atoms with Gasteiger partial charge in [0, 0.05) is 11.4 Å². The van der Waals surface area contributed by atoms with E-state index in [2.05, 4.69) is 82.3 Å². The first-order valence-corrected chi connectivity index (χ1v) is 19.1. The summed E-state index contributed by atoms with van der Waals surface area (Å²) in [6.07, 6.45) is 2.61. The molecule has 0 aromatic heterocycles. The molecule has 0 unspecified atom stereocenters. The molecule has 214 valence electrons. The van der Waals surface area contributed by atoms with Gasteiger partial charge in [0.05, 0.1) is 0 Å². The van der Waals surface area contributed by atoms with Crippen molar-refractivity contribution in [3.63, 3.8) is 0 Å². The van der Waals surface area contributed by atoms with Gasteiger partial charge in [-0.3, -0.25) is 0 Å². The average molecular weight is 656 g/mol. The van der Waals surface area contributed by atoms with E-state index < -0.39 is 13.5 Å². The van der Waals surface area contributed by atoms with Gasteiger partial charge in [0.1, 0.15) is 0 Å². The molecule has 0 radical (unpaired) electrons. The quantitative estimate of drug-likeness (QED) is 0.201. The maximum atomic E-state index is 5.82. The predicted octanol–water partition coefficient (Wildman–Crippen LogP) is 9.31. The van der Waals surface area contributed by atoms with Crippen LogP contribution in [0.3, 0.4) is 0 Å². The van der Waals surface area contributed by atoms with Crippen LogP contribution >= 0.6 is 19.4 Å². The van der Waals surface area contributed by atoms with Gasteiger partial charge in [0.25, 0.3) is 0 Å². The van der Waals surface area contributed by atoms with E-state index in [1.807, 2.05) is 42.7 Å². The standard InChI is InChI=1S/C23H31N2.C10H12O.2ClH.Ru/c1-16-11-18(3)22(19(4)12-16)24-9-7-8-10-25(15-24)23-20(5)13-17(2)14-21(23)6;1-8(2)11-10-7-5-4-6-9(10)3;;;/h11-15H,7-10H2,1-6H3;3-8H,1-2H3;2*1H;/q-1;;;;+2/p-2. The second-order valence-electron chi connectivity index (χ2n) is 10.7. The summed E-state index contributed by atoms with van der Waals surface area (Å²) in [5, 5.41) is 0. The fourth-order valence-electron chi connectivity index (χ4n) is 5.45. The van der Waals surface area contributed by atoms with Crippen molar-refractivity contribution in [3.05, 3.63) is 94.1 Å². The number of ether oxygens (including phenoxy) is 1. The molecule has 1 saturated heterocycles. The number of hydrogen-bond acceptors (Lipinski definition) is 3. The molecule has 0 saturated carbocycles. The molecule has 3 aromatic rings. The number of halogens is 2. The van der Waals surface area contributed by atoms with Gasteiger partial charge in [-0.05, 0) is 89.7 Å². The minimum absolute atomic E-state index is 0.163. The minimum atomic E-state index is -1.77. The molecule has 0 bridgehead atoms. The largest absolute Gasteiger partial charge is 0.503 e. The Bertz CT molecular complexity index is 1190. The van der Waals surface area contributed by atoms with Gasteiger partial charge in [-0.25, -0.2) is 0 Å². The van der Waals surface area contributed by atoms with E-state index in [-0.39, 0.29) is 6.10 Å². The van der Waals surface area contributed by atoms with Crippen LogP contribution in [0.4, 0.5) is 11.4 Å². The van der Waals surface area contributed by atoms with Crippen LogP contribution in [0.25, 0.3) is 0 Å². The van der Waals surface area contributed by atoms with E-state index in [1.165, 1.54) is 57.6 Å². The third kappa shape index (κ3) is 9.07. The van der Waals surface area contributed by atoms with Crippen LogP contribution in [0.15, 0.2) is 48.5 Å². The van der Waals surface area contributed by atoms with Crippen LogP contribution in [0.5, 0.6) is 5.75 Å². The molecule has 0 amide bonds. The van der Waals surface area contributed by atoms with Crippen molar-refractivity contribution in [2.45, 2.75) is 74.3 Å². The molecule has 3 aromatic carbocycles. The van der Waals surface area contributed by atoms with Gasteiger partial charge in [-0.1, -0.05) is 35.4 Å². The minimum Gasteiger partial charge on any atom is -0.503 e. The van der Waals surface area contributed by atoms with Gasteiger partial charge in [0.15, 0.2) is 0 Å². The SMILES string of the molecule is CC(C)Oc1ccccc1[CH]=[Ru]([Cl])[Cl].Cc1cc(C)c(N2[CH-]N(c3c(C)cc(C)cc3C)CCCC2)c(C)c1. The molecular weight excluding hydrogens is 612 g/mol. The topological polar surface area (TPSA) is 15.7 Å². The van der Waals surface area contributed by atoms with Crippen LogP contribution in [0.1, 0.15) is 65.6 Å². The Balaban J connectivity index is 0.000000255. The molecule has 0 aliphatic carbocycles. The average Bonchev–Trinajstić information content (AvgIpc) is 3.05. The number of rotatable bonds is 5. The van der Waals surface area contributed by atoms with Gasteiger partial charge in [-0.2, -0.15) is 6.67 Å². The maximum absolute atomic E-state index is 5.82. The number of hydrogen-bond donors (Lipinski definition) is 0. The summed E-state index contributed by atoms with van der Waals surface area (Å²) in [6, 6.07) is 17.0. The molecule has 4 rings (SSSR count). The number of aryl methyl sites for hydroxylation is 6. The van der Waals surface area contributed by atoms with Crippen molar-refractivity contribution in [1.82, 2.24) is 0 Å². The maximum Gasteiger partial charge on any atom is 0.0145 e. The van der Waals surface area contributed by atoms with Crippen molar-refractivity contribution < 1.29 is 18.3 Å². The fraction of sp³-hybridized carbons (Fsp3) is 0.394. The zero-order valence-corrected chi connectivity index (χ0v) is 27.8. The van der Waals surface area contributed by atoms with Crippen LogP contribution in [0, 0.1) is 48.2 Å². The molecule has 6 heteroatoms. The first kappa shape index (κ1) is 31.7. The summed E-state index contributed by atoms with van der Waals surface area (Å²) in [5.41, 5.74) is 11.9. The Morgan fingerprint density at radius 2 is 1.21 bits per heavy atom. The Labute approximate surface area is 249 Å². The van der Waals surface area contributed by atoms with E-state index in [4.69, 9.17) is 24.1 Å². The molecule has 0 spiro atoms. The molecule has 1 aliphatic rings. The van der Waals surface area contributed by atoms with E-state index in [0.29, 0.717) is 0 Å². The first-order valence-electron chi connectivity index (χ1n) is 13.6. The van der Waals surface area contributed by atoms with Crippen molar-refractivity contribution in [1.29, 1.82) is 0 Å². The van der Waals surface area contributed by atoms with E-state index in [0.717, 1.165) is 24.4 Å². The Hall–Kier alpha value is -1.87. The molecule has 39 heavy (non-hydrogen) atoms. The van der Waals surface area contributed by atoms with Crippen molar-refractivity contribution in [2.24, 2.45) is 0 Å². The van der Waals surface area contributed by atoms with Gasteiger partial charge in [0.2, 0.25) is 0 Å². The number of nitrogens with zero attached hydrogens (tertiary/aromatic N) is 2. The zero-order chi connectivity index (χ0) is 28.7. The third-order valence-corrected chi connectivity index (χ3v) is 8.47. The molecule has 1 fully saturated rings. The molecule has 3 nitrogen and oxygen atoms in total. The van der Waals surface area contributed by atoms with E-state index >= 15 is 0 Å². The number of anilines is 2. The summed E-state index contributed by atoms with van der Waals surface area (Å²) in [5.74, 6) is 0.850. The van der Waals surface area contributed by atoms with Crippen molar-refractivity contribution in [2.75, 3.05) is 22.9 Å². The normalized spacial score (nSPS) is 14.0. The summed E-state index contributed by atoms with van der Waals surface area (Å²) in [7, 11) is 11.6. The van der Waals surface area contributed by atoms with Crippen LogP contribution < -0.4 is 14.5 Å². The van der Waals surface area contributed by atoms with Crippen LogP contribution in [0.2, 0.25) is 0 Å². The van der Waals surface area contributed by atoms with E-state index in [1.54, 1.807) is 0 Å². The van der Waals surface area contributed by atoms with Crippen molar-refractivity contribution >= 4 is 35.4 Å². The second kappa shape index (κ2) is 14.7. The second-order valence-corrected chi connectivity index (χ2v) is 16.4. The molecular formula is C33H43Cl2N2ORu-. The monoisotopic (exact) mass is 655 g/mol.